The lowest BCUT2D eigenvalue weighted by molar-refractivity contribution is 0.122. The number of piperidine rings is 1. The fourth-order valence-electron chi connectivity index (χ4n) is 3.30. The van der Waals surface area contributed by atoms with Crippen LogP contribution in [0.25, 0.3) is 0 Å². The molecule has 3 N–H and O–H groups in total. The van der Waals surface area contributed by atoms with Crippen molar-refractivity contribution in [3.05, 3.63) is 35.4 Å². The molecule has 19 heavy (non-hydrogen) atoms. The summed E-state index contributed by atoms with van der Waals surface area (Å²) in [4.78, 5) is 2.45. The standard InChI is InChI=1S/C13H19N3O2S/c14-19(17,18)15-11-6-8-16-7-5-10-3-1-2-4-12(10)13(16)9-11/h1-4,11,13,15H,5-9H2,(H2,14,17,18)/t11-,13+/m1/s1. The maximum absolute atomic E-state index is 11.2. The molecule has 2 atom stereocenters. The summed E-state index contributed by atoms with van der Waals surface area (Å²) in [7, 11) is -3.61. The van der Waals surface area contributed by atoms with Crippen molar-refractivity contribution in [3.8, 4) is 0 Å². The minimum atomic E-state index is -3.61. The Hall–Kier alpha value is -0.950. The van der Waals surface area contributed by atoms with Crippen molar-refractivity contribution in [2.45, 2.75) is 31.3 Å². The van der Waals surface area contributed by atoms with Crippen LogP contribution in [0, 0.1) is 0 Å². The predicted molar refractivity (Wildman–Crippen MR) is 73.7 cm³/mol. The van der Waals surface area contributed by atoms with Crippen LogP contribution in [-0.2, 0) is 16.6 Å². The van der Waals surface area contributed by atoms with Crippen LogP contribution in [0.1, 0.15) is 30.0 Å². The number of benzene rings is 1. The van der Waals surface area contributed by atoms with Crippen LogP contribution >= 0.6 is 0 Å². The Labute approximate surface area is 114 Å². The molecule has 0 radical (unpaired) electrons. The zero-order valence-electron chi connectivity index (χ0n) is 10.7. The van der Waals surface area contributed by atoms with Crippen molar-refractivity contribution in [3.63, 3.8) is 0 Å². The van der Waals surface area contributed by atoms with Crippen LogP contribution in [0.5, 0.6) is 0 Å². The molecule has 104 valence electrons. The molecule has 6 heteroatoms. The summed E-state index contributed by atoms with van der Waals surface area (Å²) in [5, 5.41) is 5.08. The van der Waals surface area contributed by atoms with E-state index in [9.17, 15) is 8.42 Å². The predicted octanol–water partition coefficient (Wildman–Crippen LogP) is 0.541. The van der Waals surface area contributed by atoms with Gasteiger partial charge >= 0.3 is 0 Å². The Morgan fingerprint density at radius 1 is 1.26 bits per heavy atom. The Morgan fingerprint density at radius 3 is 2.84 bits per heavy atom. The molecule has 0 bridgehead atoms. The van der Waals surface area contributed by atoms with Gasteiger partial charge in [0.25, 0.3) is 10.2 Å². The number of nitrogens with one attached hydrogen (secondary N) is 1. The molecule has 1 aromatic carbocycles. The molecule has 0 spiro atoms. The highest BCUT2D eigenvalue weighted by Gasteiger charge is 2.34. The SMILES string of the molecule is NS(=O)(=O)N[C@@H]1CCN2CCc3ccccc3[C@@H]2C1. The minimum Gasteiger partial charge on any atom is -0.296 e. The molecule has 2 aliphatic rings. The second-order valence-corrected chi connectivity index (χ2v) is 6.71. The summed E-state index contributed by atoms with van der Waals surface area (Å²) in [6.45, 7) is 1.98. The highest BCUT2D eigenvalue weighted by molar-refractivity contribution is 7.87. The summed E-state index contributed by atoms with van der Waals surface area (Å²) in [5.41, 5.74) is 2.73. The van der Waals surface area contributed by atoms with Gasteiger partial charge in [0.15, 0.2) is 0 Å². The molecule has 3 rings (SSSR count). The van der Waals surface area contributed by atoms with Gasteiger partial charge in [-0.05, 0) is 30.4 Å². The van der Waals surface area contributed by atoms with E-state index in [0.29, 0.717) is 6.04 Å². The fourth-order valence-corrected chi connectivity index (χ4v) is 3.97. The summed E-state index contributed by atoms with van der Waals surface area (Å²) >= 11 is 0. The molecule has 1 aromatic rings. The van der Waals surface area contributed by atoms with Crippen LogP contribution < -0.4 is 9.86 Å². The normalized spacial score (nSPS) is 27.6. The highest BCUT2D eigenvalue weighted by Crippen LogP contribution is 2.36. The number of nitrogens with two attached hydrogens (primary N) is 1. The number of hydrogen-bond donors (Lipinski definition) is 2. The van der Waals surface area contributed by atoms with Gasteiger partial charge in [0, 0.05) is 25.2 Å². The Morgan fingerprint density at radius 2 is 2.05 bits per heavy atom. The van der Waals surface area contributed by atoms with Crippen molar-refractivity contribution in [1.82, 2.24) is 9.62 Å². The summed E-state index contributed by atoms with van der Waals surface area (Å²) < 4.78 is 24.9. The van der Waals surface area contributed by atoms with Gasteiger partial charge in [-0.25, -0.2) is 5.14 Å². The third kappa shape index (κ3) is 2.81. The first-order valence-corrected chi connectivity index (χ1v) is 8.19. The van der Waals surface area contributed by atoms with Gasteiger partial charge in [-0.1, -0.05) is 24.3 Å². The molecule has 2 heterocycles. The molecule has 2 aliphatic heterocycles. The van der Waals surface area contributed by atoms with E-state index in [2.05, 4.69) is 33.9 Å². The lowest BCUT2D eigenvalue weighted by Crippen LogP contribution is -2.49. The second-order valence-electron chi connectivity index (χ2n) is 5.38. The first-order chi connectivity index (χ1) is 9.03. The van der Waals surface area contributed by atoms with Gasteiger partial charge < -0.3 is 0 Å². The van der Waals surface area contributed by atoms with Crippen LogP contribution in [0.15, 0.2) is 24.3 Å². The lowest BCUT2D eigenvalue weighted by atomic mass is 9.85. The van der Waals surface area contributed by atoms with E-state index in [1.54, 1.807) is 0 Å². The monoisotopic (exact) mass is 281 g/mol. The average molecular weight is 281 g/mol. The summed E-state index contributed by atoms with van der Waals surface area (Å²) in [6, 6.07) is 8.71. The van der Waals surface area contributed by atoms with Gasteiger partial charge in [0.2, 0.25) is 0 Å². The van der Waals surface area contributed by atoms with Gasteiger partial charge in [0.05, 0.1) is 0 Å². The zero-order valence-corrected chi connectivity index (χ0v) is 11.6. The van der Waals surface area contributed by atoms with Crippen molar-refractivity contribution in [1.29, 1.82) is 0 Å². The lowest BCUT2D eigenvalue weighted by Gasteiger charge is -2.43. The maximum atomic E-state index is 11.2. The third-order valence-corrected chi connectivity index (χ3v) is 4.79. The molecule has 0 aromatic heterocycles. The Balaban J connectivity index is 1.82. The van der Waals surface area contributed by atoms with E-state index in [1.165, 1.54) is 11.1 Å². The van der Waals surface area contributed by atoms with Crippen LogP contribution in [0.4, 0.5) is 0 Å². The highest BCUT2D eigenvalue weighted by atomic mass is 32.2. The van der Waals surface area contributed by atoms with Gasteiger partial charge in [0.1, 0.15) is 0 Å². The van der Waals surface area contributed by atoms with Crippen molar-refractivity contribution >= 4 is 10.2 Å². The summed E-state index contributed by atoms with van der Waals surface area (Å²) in [5.74, 6) is 0. The molecule has 1 saturated heterocycles. The summed E-state index contributed by atoms with van der Waals surface area (Å²) in [6.07, 6.45) is 2.71. The molecule has 0 aliphatic carbocycles. The van der Waals surface area contributed by atoms with E-state index in [-0.39, 0.29) is 6.04 Å². The van der Waals surface area contributed by atoms with Crippen molar-refractivity contribution < 1.29 is 8.42 Å². The first kappa shape index (κ1) is 13.1. The van der Waals surface area contributed by atoms with E-state index >= 15 is 0 Å². The van der Waals surface area contributed by atoms with E-state index in [4.69, 9.17) is 5.14 Å². The number of fused-ring (bicyclic) bond motifs is 3. The van der Waals surface area contributed by atoms with Crippen LogP contribution in [-0.4, -0.2) is 32.4 Å². The van der Waals surface area contributed by atoms with Crippen molar-refractivity contribution in [2.75, 3.05) is 13.1 Å². The number of rotatable bonds is 2. The maximum Gasteiger partial charge on any atom is 0.274 e. The second kappa shape index (κ2) is 4.86. The number of hydrogen-bond acceptors (Lipinski definition) is 3. The Kier molecular flexibility index (Phi) is 3.34. The Bertz CT molecular complexity index is 573. The molecular formula is C13H19N3O2S. The molecule has 5 nitrogen and oxygen atoms in total. The van der Waals surface area contributed by atoms with Gasteiger partial charge in [-0.15, -0.1) is 0 Å². The molecule has 0 saturated carbocycles. The zero-order chi connectivity index (χ0) is 13.5. The molecule has 0 amide bonds. The molecule has 0 unspecified atom stereocenters. The average Bonchev–Trinajstić information content (AvgIpc) is 2.37. The first-order valence-electron chi connectivity index (χ1n) is 6.65. The quantitative estimate of drug-likeness (QED) is 0.831. The largest absolute Gasteiger partial charge is 0.296 e. The van der Waals surface area contributed by atoms with Crippen LogP contribution in [0.3, 0.4) is 0 Å². The molecular weight excluding hydrogens is 262 g/mol. The molecule has 1 fully saturated rings. The van der Waals surface area contributed by atoms with E-state index < -0.39 is 10.2 Å². The number of nitrogens with zero attached hydrogens (tertiary/aromatic N) is 1. The van der Waals surface area contributed by atoms with Gasteiger partial charge in [-0.2, -0.15) is 13.1 Å². The van der Waals surface area contributed by atoms with Crippen molar-refractivity contribution in [2.24, 2.45) is 5.14 Å². The van der Waals surface area contributed by atoms with E-state index in [0.717, 1.165) is 32.4 Å². The van der Waals surface area contributed by atoms with Crippen LogP contribution in [0.2, 0.25) is 0 Å². The smallest absolute Gasteiger partial charge is 0.274 e. The third-order valence-electron chi connectivity index (χ3n) is 4.13. The minimum absolute atomic E-state index is 0.0533. The topological polar surface area (TPSA) is 75.4 Å². The van der Waals surface area contributed by atoms with E-state index in [1.807, 2.05) is 0 Å². The van der Waals surface area contributed by atoms with Gasteiger partial charge in [-0.3, -0.25) is 4.90 Å². The fraction of sp³-hybridized carbons (Fsp3) is 0.538.